The largest absolute Gasteiger partial charge is 0.436 e. The molecule has 0 atom stereocenters. The molecule has 1 N–H and O–H groups in total. The van der Waals surface area contributed by atoms with Crippen LogP contribution in [0.15, 0.2) is 77.2 Å². The average molecular weight is 403 g/mol. The third-order valence-electron chi connectivity index (χ3n) is 4.25. The van der Waals surface area contributed by atoms with Crippen LogP contribution in [0, 0.1) is 15.9 Å². The molecule has 1 amide bonds. The van der Waals surface area contributed by atoms with Crippen molar-refractivity contribution in [1.82, 2.24) is 4.98 Å². The van der Waals surface area contributed by atoms with Gasteiger partial charge in [0.1, 0.15) is 11.3 Å². The SMILES string of the molecule is O=C(C=Cc1cccc([N+](=O)[O-])c1)Nc1ccc2oc(-c3ccc(F)cc3)nc2c1. The fourth-order valence-corrected chi connectivity index (χ4v) is 2.82. The molecule has 4 rings (SSSR count). The Morgan fingerprint density at radius 3 is 2.67 bits per heavy atom. The first kappa shape index (κ1) is 19.0. The van der Waals surface area contributed by atoms with Gasteiger partial charge in [-0.15, -0.1) is 0 Å². The molecule has 0 spiro atoms. The van der Waals surface area contributed by atoms with E-state index in [4.69, 9.17) is 4.42 Å². The minimum atomic E-state index is -0.495. The summed E-state index contributed by atoms with van der Waals surface area (Å²) in [5.74, 6) is -0.403. The molecular weight excluding hydrogens is 389 g/mol. The van der Waals surface area contributed by atoms with E-state index in [2.05, 4.69) is 10.3 Å². The van der Waals surface area contributed by atoms with Gasteiger partial charge in [-0.05, 0) is 54.1 Å². The van der Waals surface area contributed by atoms with Crippen molar-refractivity contribution in [3.8, 4) is 11.5 Å². The Labute approximate surface area is 169 Å². The highest BCUT2D eigenvalue weighted by molar-refractivity contribution is 6.02. The van der Waals surface area contributed by atoms with Crippen LogP contribution in [0.2, 0.25) is 0 Å². The average Bonchev–Trinajstić information content (AvgIpc) is 3.16. The summed E-state index contributed by atoms with van der Waals surface area (Å²) in [6, 6.07) is 16.8. The van der Waals surface area contributed by atoms with Crippen molar-refractivity contribution in [3.05, 3.63) is 94.3 Å². The van der Waals surface area contributed by atoms with Crippen LogP contribution in [0.4, 0.5) is 15.8 Å². The molecule has 8 heteroatoms. The van der Waals surface area contributed by atoms with Gasteiger partial charge in [0.05, 0.1) is 4.92 Å². The summed E-state index contributed by atoms with van der Waals surface area (Å²) in [6.45, 7) is 0. The summed E-state index contributed by atoms with van der Waals surface area (Å²) in [5.41, 5.74) is 2.70. The maximum atomic E-state index is 13.1. The fraction of sp³-hybridized carbons (Fsp3) is 0. The first-order valence-electron chi connectivity index (χ1n) is 8.88. The molecule has 0 aliphatic rings. The number of nitro groups is 1. The maximum Gasteiger partial charge on any atom is 0.270 e. The summed E-state index contributed by atoms with van der Waals surface area (Å²) >= 11 is 0. The number of rotatable bonds is 5. The molecule has 0 radical (unpaired) electrons. The molecule has 0 saturated heterocycles. The first-order chi connectivity index (χ1) is 14.5. The maximum absolute atomic E-state index is 13.1. The Morgan fingerprint density at radius 2 is 1.90 bits per heavy atom. The molecule has 1 aromatic heterocycles. The Hall–Kier alpha value is -4.33. The fourth-order valence-electron chi connectivity index (χ4n) is 2.82. The highest BCUT2D eigenvalue weighted by Crippen LogP contribution is 2.26. The third kappa shape index (κ3) is 4.22. The smallest absolute Gasteiger partial charge is 0.270 e. The van der Waals surface area contributed by atoms with Crippen molar-refractivity contribution >= 4 is 34.5 Å². The summed E-state index contributed by atoms with van der Waals surface area (Å²) in [7, 11) is 0. The van der Waals surface area contributed by atoms with E-state index in [1.54, 1.807) is 42.5 Å². The number of aromatic nitrogens is 1. The van der Waals surface area contributed by atoms with Crippen LogP contribution in [0.1, 0.15) is 5.56 Å². The lowest BCUT2D eigenvalue weighted by molar-refractivity contribution is -0.384. The van der Waals surface area contributed by atoms with Crippen molar-refractivity contribution in [2.24, 2.45) is 0 Å². The molecule has 3 aromatic carbocycles. The van der Waals surface area contributed by atoms with E-state index in [0.29, 0.717) is 33.8 Å². The number of halogens is 1. The van der Waals surface area contributed by atoms with Gasteiger partial charge in [0.25, 0.3) is 5.69 Å². The van der Waals surface area contributed by atoms with Crippen LogP contribution in [-0.4, -0.2) is 15.8 Å². The van der Waals surface area contributed by atoms with E-state index in [9.17, 15) is 19.3 Å². The van der Waals surface area contributed by atoms with Gasteiger partial charge in [-0.2, -0.15) is 0 Å². The Bertz CT molecular complexity index is 1280. The van der Waals surface area contributed by atoms with E-state index in [0.717, 1.165) is 0 Å². The molecule has 0 aliphatic heterocycles. The molecule has 0 bridgehead atoms. The summed E-state index contributed by atoms with van der Waals surface area (Å²) < 4.78 is 18.8. The molecule has 0 aliphatic carbocycles. The first-order valence-corrected chi connectivity index (χ1v) is 8.88. The van der Waals surface area contributed by atoms with Gasteiger partial charge in [0.15, 0.2) is 5.58 Å². The van der Waals surface area contributed by atoms with E-state index in [1.807, 2.05) is 0 Å². The normalized spacial score (nSPS) is 11.1. The van der Waals surface area contributed by atoms with E-state index >= 15 is 0 Å². The van der Waals surface area contributed by atoms with Crippen LogP contribution in [0.3, 0.4) is 0 Å². The number of carbonyl (C=O) groups excluding carboxylic acids is 1. The van der Waals surface area contributed by atoms with Crippen molar-refractivity contribution in [2.45, 2.75) is 0 Å². The highest BCUT2D eigenvalue weighted by atomic mass is 19.1. The number of nitrogens with zero attached hydrogens (tertiary/aromatic N) is 2. The molecule has 0 saturated carbocycles. The number of non-ortho nitro benzene ring substituents is 1. The number of benzene rings is 3. The van der Waals surface area contributed by atoms with Crippen LogP contribution in [0.25, 0.3) is 28.6 Å². The number of nitrogens with one attached hydrogen (secondary N) is 1. The zero-order valence-corrected chi connectivity index (χ0v) is 15.4. The lowest BCUT2D eigenvalue weighted by atomic mass is 10.2. The third-order valence-corrected chi connectivity index (χ3v) is 4.25. The predicted molar refractivity (Wildman–Crippen MR) is 110 cm³/mol. The van der Waals surface area contributed by atoms with E-state index in [-0.39, 0.29) is 11.5 Å². The molecule has 4 aromatic rings. The van der Waals surface area contributed by atoms with Crippen LogP contribution in [-0.2, 0) is 4.79 Å². The van der Waals surface area contributed by atoms with Crippen molar-refractivity contribution in [2.75, 3.05) is 5.32 Å². The van der Waals surface area contributed by atoms with Gasteiger partial charge in [0, 0.05) is 29.5 Å². The zero-order chi connectivity index (χ0) is 21.1. The number of carbonyl (C=O) groups is 1. The number of amides is 1. The molecule has 30 heavy (non-hydrogen) atoms. The quantitative estimate of drug-likeness (QED) is 0.281. The Morgan fingerprint density at radius 1 is 1.10 bits per heavy atom. The number of hydrogen-bond donors (Lipinski definition) is 1. The summed E-state index contributed by atoms with van der Waals surface area (Å²) in [6.07, 6.45) is 2.78. The minimum absolute atomic E-state index is 0.0500. The van der Waals surface area contributed by atoms with Gasteiger partial charge < -0.3 is 9.73 Å². The minimum Gasteiger partial charge on any atom is -0.436 e. The second-order valence-electron chi connectivity index (χ2n) is 6.38. The van der Waals surface area contributed by atoms with E-state index in [1.165, 1.54) is 36.4 Å². The standard InChI is InChI=1S/C22H14FN3O4/c23-16-7-5-15(6-8-16)22-25-19-13-17(9-10-20(19)30-22)24-21(27)11-4-14-2-1-3-18(12-14)26(28)29/h1-13H,(H,24,27). The second kappa shape index (κ2) is 7.96. The van der Waals surface area contributed by atoms with Crippen molar-refractivity contribution in [1.29, 1.82) is 0 Å². The number of nitro benzene ring substituents is 1. The van der Waals surface area contributed by atoms with Gasteiger partial charge in [-0.1, -0.05) is 12.1 Å². The second-order valence-corrected chi connectivity index (χ2v) is 6.38. The monoisotopic (exact) mass is 403 g/mol. The van der Waals surface area contributed by atoms with Crippen molar-refractivity contribution in [3.63, 3.8) is 0 Å². The number of oxazole rings is 1. The number of anilines is 1. The van der Waals surface area contributed by atoms with Gasteiger partial charge >= 0.3 is 0 Å². The van der Waals surface area contributed by atoms with Gasteiger partial charge in [0.2, 0.25) is 11.8 Å². The van der Waals surface area contributed by atoms with Gasteiger partial charge in [-0.3, -0.25) is 14.9 Å². The molecule has 148 valence electrons. The Kier molecular flexibility index (Phi) is 5.04. The topological polar surface area (TPSA) is 98.3 Å². The molecule has 0 fully saturated rings. The Balaban J connectivity index is 1.49. The van der Waals surface area contributed by atoms with Crippen LogP contribution < -0.4 is 5.32 Å². The number of hydrogen-bond acceptors (Lipinski definition) is 5. The molecular formula is C22H14FN3O4. The van der Waals surface area contributed by atoms with Crippen molar-refractivity contribution < 1.29 is 18.5 Å². The lowest BCUT2D eigenvalue weighted by Crippen LogP contribution is -2.07. The molecule has 0 unspecified atom stereocenters. The number of fused-ring (bicyclic) bond motifs is 1. The lowest BCUT2D eigenvalue weighted by Gasteiger charge is -2.01. The van der Waals surface area contributed by atoms with E-state index < -0.39 is 10.8 Å². The van der Waals surface area contributed by atoms with Gasteiger partial charge in [-0.25, -0.2) is 9.37 Å². The zero-order valence-electron chi connectivity index (χ0n) is 15.4. The summed E-state index contributed by atoms with van der Waals surface area (Å²) in [5, 5.41) is 13.5. The highest BCUT2D eigenvalue weighted by Gasteiger charge is 2.10. The molecule has 7 nitrogen and oxygen atoms in total. The van der Waals surface area contributed by atoms with Crippen LogP contribution in [0.5, 0.6) is 0 Å². The molecule has 1 heterocycles. The van der Waals surface area contributed by atoms with Crippen LogP contribution >= 0.6 is 0 Å². The predicted octanol–water partition coefficient (Wildman–Crippen LogP) is 5.19. The summed E-state index contributed by atoms with van der Waals surface area (Å²) in [4.78, 5) is 26.9.